The van der Waals surface area contributed by atoms with Crippen molar-refractivity contribution < 1.29 is 23.1 Å². The molecule has 0 radical (unpaired) electrons. The Morgan fingerprint density at radius 1 is 1.10 bits per heavy atom. The van der Waals surface area contributed by atoms with Gasteiger partial charge in [0.05, 0.1) is 16.9 Å². The van der Waals surface area contributed by atoms with Crippen molar-refractivity contribution in [2.45, 2.75) is 50.2 Å². The molecule has 2 fully saturated rings. The Bertz CT molecular complexity index is 495. The van der Waals surface area contributed by atoms with Gasteiger partial charge in [-0.05, 0) is 25.7 Å². The fourth-order valence-electron chi connectivity index (χ4n) is 3.21. The number of aliphatic carboxylic acids is 1. The van der Waals surface area contributed by atoms with Gasteiger partial charge in [0, 0.05) is 19.5 Å². The second-order valence-corrected chi connectivity index (χ2v) is 8.44. The Morgan fingerprint density at radius 2 is 1.76 bits per heavy atom. The molecule has 1 atom stereocenters. The molecule has 0 bridgehead atoms. The van der Waals surface area contributed by atoms with Gasteiger partial charge in [-0.15, -0.1) is 0 Å². The van der Waals surface area contributed by atoms with E-state index in [2.05, 4.69) is 0 Å². The zero-order valence-electron chi connectivity index (χ0n) is 12.2. The van der Waals surface area contributed by atoms with E-state index in [0.717, 1.165) is 12.8 Å². The fraction of sp³-hybridized carbons (Fsp3) is 0.857. The number of piperidine rings is 1. The highest BCUT2D eigenvalue weighted by Crippen LogP contribution is 2.26. The van der Waals surface area contributed by atoms with Crippen LogP contribution < -0.4 is 0 Å². The third-order valence-corrected chi connectivity index (χ3v) is 6.79. The predicted molar refractivity (Wildman–Crippen MR) is 77.6 cm³/mol. The van der Waals surface area contributed by atoms with Crippen molar-refractivity contribution in [3.05, 3.63) is 0 Å². The van der Waals surface area contributed by atoms with Crippen LogP contribution in [0.1, 0.15) is 44.9 Å². The van der Waals surface area contributed by atoms with Crippen molar-refractivity contribution >= 4 is 21.7 Å². The largest absolute Gasteiger partial charge is 0.481 e. The van der Waals surface area contributed by atoms with E-state index in [4.69, 9.17) is 5.11 Å². The molecule has 6 nitrogen and oxygen atoms in total. The molecule has 0 spiro atoms. The van der Waals surface area contributed by atoms with E-state index in [9.17, 15) is 18.0 Å². The highest BCUT2D eigenvalue weighted by atomic mass is 32.2. The number of amides is 1. The number of likely N-dealkylation sites (tertiary alicyclic amines) is 1. The van der Waals surface area contributed by atoms with E-state index in [1.165, 1.54) is 4.90 Å². The third-order valence-electron chi connectivity index (χ3n) is 4.53. The SMILES string of the molecule is O=C(O)[C@@H]1CCCN(C(=O)CCS(=O)(=O)C2CCCC2)C1. The van der Waals surface area contributed by atoms with Crippen LogP contribution in [0.25, 0.3) is 0 Å². The maximum atomic E-state index is 12.1. The van der Waals surface area contributed by atoms with Crippen molar-refractivity contribution in [3.63, 3.8) is 0 Å². The summed E-state index contributed by atoms with van der Waals surface area (Å²) in [7, 11) is -3.19. The van der Waals surface area contributed by atoms with Gasteiger partial charge in [0.15, 0.2) is 9.84 Å². The molecule has 1 aliphatic carbocycles. The summed E-state index contributed by atoms with van der Waals surface area (Å²) in [4.78, 5) is 24.6. The number of carbonyl (C=O) groups excluding carboxylic acids is 1. The molecule has 2 rings (SSSR count). The highest BCUT2D eigenvalue weighted by molar-refractivity contribution is 7.92. The number of carboxylic acid groups (broad SMARTS) is 1. The molecule has 1 amide bonds. The lowest BCUT2D eigenvalue weighted by molar-refractivity contribution is -0.145. The molecule has 1 saturated heterocycles. The average molecular weight is 317 g/mol. The van der Waals surface area contributed by atoms with Crippen LogP contribution in [0.4, 0.5) is 0 Å². The van der Waals surface area contributed by atoms with Crippen molar-refractivity contribution in [1.82, 2.24) is 4.90 Å². The molecule has 7 heteroatoms. The smallest absolute Gasteiger partial charge is 0.308 e. The minimum absolute atomic E-state index is 0.0226. The molecule has 1 N–H and O–H groups in total. The topological polar surface area (TPSA) is 91.8 Å². The number of hydrogen-bond acceptors (Lipinski definition) is 4. The first-order valence-electron chi connectivity index (χ1n) is 7.62. The van der Waals surface area contributed by atoms with Crippen LogP contribution in [0, 0.1) is 5.92 Å². The van der Waals surface area contributed by atoms with Gasteiger partial charge in [-0.2, -0.15) is 0 Å². The molecule has 0 unspecified atom stereocenters. The second-order valence-electron chi connectivity index (χ2n) is 6.04. The van der Waals surface area contributed by atoms with E-state index in [1.54, 1.807) is 0 Å². The van der Waals surface area contributed by atoms with Crippen LogP contribution in [0.3, 0.4) is 0 Å². The number of carboxylic acids is 1. The Balaban J connectivity index is 1.85. The number of hydrogen-bond donors (Lipinski definition) is 1. The molecule has 2 aliphatic rings. The monoisotopic (exact) mass is 317 g/mol. The van der Waals surface area contributed by atoms with Crippen molar-refractivity contribution in [2.24, 2.45) is 5.92 Å². The van der Waals surface area contributed by atoms with Gasteiger partial charge in [0.25, 0.3) is 0 Å². The van der Waals surface area contributed by atoms with Gasteiger partial charge in [-0.1, -0.05) is 12.8 Å². The fourth-order valence-corrected chi connectivity index (χ4v) is 5.05. The predicted octanol–water partition coefficient (Wildman–Crippen LogP) is 1.06. The molecule has 120 valence electrons. The molecule has 0 aromatic heterocycles. The van der Waals surface area contributed by atoms with E-state index in [-0.39, 0.29) is 29.9 Å². The normalized spacial score (nSPS) is 24.2. The van der Waals surface area contributed by atoms with Crippen LogP contribution in [0.15, 0.2) is 0 Å². The molecule has 1 aliphatic heterocycles. The summed E-state index contributed by atoms with van der Waals surface area (Å²) in [5, 5.41) is 8.73. The first-order chi connectivity index (χ1) is 9.90. The summed E-state index contributed by atoms with van der Waals surface area (Å²) < 4.78 is 24.3. The standard InChI is InChI=1S/C14H23NO5S/c16-13(15-8-3-4-11(10-15)14(17)18)7-9-21(19,20)12-5-1-2-6-12/h11-12H,1-10H2,(H,17,18)/t11-/m1/s1. The lowest BCUT2D eigenvalue weighted by Gasteiger charge is -2.30. The minimum Gasteiger partial charge on any atom is -0.481 e. The van der Waals surface area contributed by atoms with Gasteiger partial charge < -0.3 is 10.0 Å². The Kier molecular flexibility index (Phi) is 5.24. The van der Waals surface area contributed by atoms with Crippen molar-refractivity contribution in [3.8, 4) is 0 Å². The Morgan fingerprint density at radius 3 is 2.38 bits per heavy atom. The van der Waals surface area contributed by atoms with E-state index in [0.29, 0.717) is 32.2 Å². The summed E-state index contributed by atoms with van der Waals surface area (Å²) >= 11 is 0. The average Bonchev–Trinajstić information content (AvgIpc) is 3.00. The van der Waals surface area contributed by atoms with Gasteiger partial charge in [-0.3, -0.25) is 9.59 Å². The van der Waals surface area contributed by atoms with Crippen LogP contribution >= 0.6 is 0 Å². The zero-order chi connectivity index (χ0) is 15.5. The number of nitrogens with zero attached hydrogens (tertiary/aromatic N) is 1. The van der Waals surface area contributed by atoms with E-state index >= 15 is 0 Å². The molecule has 1 saturated carbocycles. The van der Waals surface area contributed by atoms with Crippen molar-refractivity contribution in [1.29, 1.82) is 0 Å². The second kappa shape index (κ2) is 6.77. The van der Waals surface area contributed by atoms with Crippen molar-refractivity contribution in [2.75, 3.05) is 18.8 Å². The first-order valence-corrected chi connectivity index (χ1v) is 9.34. The quantitative estimate of drug-likeness (QED) is 0.818. The first kappa shape index (κ1) is 16.3. The molecule has 1 heterocycles. The summed E-state index contributed by atoms with van der Waals surface area (Å²) in [6.07, 6.45) is 4.54. The van der Waals surface area contributed by atoms with Crippen LogP contribution in [0.2, 0.25) is 0 Å². The highest BCUT2D eigenvalue weighted by Gasteiger charge is 2.31. The number of sulfone groups is 1. The molecular formula is C14H23NO5S. The molecule has 0 aromatic carbocycles. The van der Waals surface area contributed by atoms with Gasteiger partial charge in [0.1, 0.15) is 0 Å². The molecular weight excluding hydrogens is 294 g/mol. The summed E-state index contributed by atoms with van der Waals surface area (Å²) in [5.74, 6) is -1.74. The Hall–Kier alpha value is -1.11. The summed E-state index contributed by atoms with van der Waals surface area (Å²) in [6, 6.07) is 0. The molecule has 21 heavy (non-hydrogen) atoms. The summed E-state index contributed by atoms with van der Waals surface area (Å²) in [6.45, 7) is 0.740. The minimum atomic E-state index is -3.19. The van der Waals surface area contributed by atoms with Gasteiger partial charge in [0.2, 0.25) is 5.91 Å². The van der Waals surface area contributed by atoms with Gasteiger partial charge >= 0.3 is 5.97 Å². The van der Waals surface area contributed by atoms with Crippen LogP contribution in [-0.2, 0) is 19.4 Å². The Labute approximate surface area is 125 Å². The van der Waals surface area contributed by atoms with Gasteiger partial charge in [-0.25, -0.2) is 8.42 Å². The van der Waals surface area contributed by atoms with E-state index in [1.807, 2.05) is 0 Å². The maximum Gasteiger partial charge on any atom is 0.308 e. The maximum absolute atomic E-state index is 12.1. The lowest BCUT2D eigenvalue weighted by atomic mass is 9.98. The van der Waals surface area contributed by atoms with E-state index < -0.39 is 21.7 Å². The van der Waals surface area contributed by atoms with Crippen LogP contribution in [0.5, 0.6) is 0 Å². The number of rotatable bonds is 5. The summed E-state index contributed by atoms with van der Waals surface area (Å²) in [5.41, 5.74) is 0. The lowest BCUT2D eigenvalue weighted by Crippen LogP contribution is -2.43. The van der Waals surface area contributed by atoms with Crippen LogP contribution in [-0.4, -0.2) is 54.4 Å². The number of carbonyl (C=O) groups is 2. The third kappa shape index (κ3) is 4.18. The molecule has 0 aromatic rings. The zero-order valence-corrected chi connectivity index (χ0v) is 13.0.